The zero-order valence-corrected chi connectivity index (χ0v) is 15.7. The number of hydrazone groups is 1. The highest BCUT2D eigenvalue weighted by atomic mass is 35.5. The van der Waals surface area contributed by atoms with E-state index in [0.717, 1.165) is 24.4 Å². The van der Waals surface area contributed by atoms with Crippen LogP contribution in [0.15, 0.2) is 41.5 Å². The molecule has 0 atom stereocenters. The van der Waals surface area contributed by atoms with Gasteiger partial charge in [0.1, 0.15) is 5.75 Å². The first-order chi connectivity index (χ1) is 13.3. The van der Waals surface area contributed by atoms with E-state index in [1.165, 1.54) is 12.1 Å². The Balaban J connectivity index is 1.85. The van der Waals surface area contributed by atoms with Crippen molar-refractivity contribution in [2.45, 2.75) is 12.8 Å². The topological polar surface area (TPSA) is 134 Å². The van der Waals surface area contributed by atoms with Gasteiger partial charge < -0.3 is 10.4 Å². The highest BCUT2D eigenvalue weighted by Gasteiger charge is 2.10. The molecule has 2 aromatic rings. The van der Waals surface area contributed by atoms with Gasteiger partial charge in [0, 0.05) is 35.6 Å². The third-order valence-corrected chi connectivity index (χ3v) is 3.96. The molecule has 28 heavy (non-hydrogen) atoms. The second-order valence-corrected chi connectivity index (χ2v) is 6.31. The van der Waals surface area contributed by atoms with Crippen LogP contribution in [0, 0.1) is 10.1 Å². The fourth-order valence-electron chi connectivity index (χ4n) is 2.02. The van der Waals surface area contributed by atoms with E-state index >= 15 is 0 Å². The number of hydrogen-bond donors (Lipinski definition) is 3. The standard InChI is InChI=1S/C17H14Cl2N4O5/c18-11-1-3-13(19)14(8-11)21-16(25)5-6-17(26)22-20-9-10-7-12(23(27)28)2-4-15(10)24/h1-4,7-9,24H,5-6H2,(H,21,25)(H,22,26)/b20-9+. The molecular formula is C17H14Cl2N4O5. The van der Waals surface area contributed by atoms with Crippen LogP contribution >= 0.6 is 23.2 Å². The summed E-state index contributed by atoms with van der Waals surface area (Å²) >= 11 is 11.8. The number of halogens is 2. The Hall–Kier alpha value is -3.17. The van der Waals surface area contributed by atoms with Crippen molar-refractivity contribution >= 4 is 52.6 Å². The van der Waals surface area contributed by atoms with Crippen LogP contribution in [0.2, 0.25) is 10.0 Å². The molecule has 146 valence electrons. The molecule has 9 nitrogen and oxygen atoms in total. The molecule has 0 aliphatic rings. The highest BCUT2D eigenvalue weighted by Crippen LogP contribution is 2.25. The number of nitrogens with one attached hydrogen (secondary N) is 2. The van der Waals surface area contributed by atoms with Crippen molar-refractivity contribution in [2.24, 2.45) is 5.10 Å². The zero-order valence-electron chi connectivity index (χ0n) is 14.2. The molecule has 0 fully saturated rings. The molecule has 0 saturated heterocycles. The molecule has 3 N–H and O–H groups in total. The fourth-order valence-corrected chi connectivity index (χ4v) is 2.36. The molecule has 0 saturated carbocycles. The molecule has 0 aliphatic heterocycles. The van der Waals surface area contributed by atoms with Crippen LogP contribution in [0.4, 0.5) is 11.4 Å². The first-order valence-corrected chi connectivity index (χ1v) is 8.56. The number of amides is 2. The molecule has 11 heteroatoms. The number of nitrogens with zero attached hydrogens (tertiary/aromatic N) is 2. The predicted octanol–water partition coefficient (Wildman–Crippen LogP) is 3.48. The van der Waals surface area contributed by atoms with E-state index in [0.29, 0.717) is 15.7 Å². The lowest BCUT2D eigenvalue weighted by molar-refractivity contribution is -0.384. The third kappa shape index (κ3) is 6.22. The molecule has 2 rings (SSSR count). The van der Waals surface area contributed by atoms with Gasteiger partial charge in [0.25, 0.3) is 5.69 Å². The lowest BCUT2D eigenvalue weighted by atomic mass is 10.2. The molecule has 2 amide bonds. The van der Waals surface area contributed by atoms with E-state index in [9.17, 15) is 24.8 Å². The summed E-state index contributed by atoms with van der Waals surface area (Å²) in [6, 6.07) is 7.97. The number of benzene rings is 2. The molecule has 0 aliphatic carbocycles. The van der Waals surface area contributed by atoms with E-state index in [1.807, 2.05) is 0 Å². The fraction of sp³-hybridized carbons (Fsp3) is 0.118. The maximum Gasteiger partial charge on any atom is 0.270 e. The number of nitro benzene ring substituents is 1. The second-order valence-electron chi connectivity index (χ2n) is 5.47. The molecule has 0 heterocycles. The van der Waals surface area contributed by atoms with E-state index in [-0.39, 0.29) is 29.8 Å². The second kappa shape index (κ2) is 9.67. The molecule has 0 radical (unpaired) electrons. The highest BCUT2D eigenvalue weighted by molar-refractivity contribution is 6.35. The molecule has 0 bridgehead atoms. The summed E-state index contributed by atoms with van der Waals surface area (Å²) in [6.45, 7) is 0. The molecular weight excluding hydrogens is 411 g/mol. The largest absolute Gasteiger partial charge is 0.507 e. The molecule has 0 spiro atoms. The summed E-state index contributed by atoms with van der Waals surface area (Å²) in [5, 5.41) is 27.2. The summed E-state index contributed by atoms with van der Waals surface area (Å²) in [7, 11) is 0. The number of aromatic hydroxyl groups is 1. The first-order valence-electron chi connectivity index (χ1n) is 7.80. The Kier molecular flexibility index (Phi) is 7.30. The number of anilines is 1. The summed E-state index contributed by atoms with van der Waals surface area (Å²) in [4.78, 5) is 33.7. The van der Waals surface area contributed by atoms with Crippen LogP contribution < -0.4 is 10.7 Å². The van der Waals surface area contributed by atoms with Gasteiger partial charge in [0.05, 0.1) is 21.8 Å². The minimum Gasteiger partial charge on any atom is -0.507 e. The maximum absolute atomic E-state index is 11.9. The van der Waals surface area contributed by atoms with Crippen LogP contribution in [0.25, 0.3) is 0 Å². The average Bonchev–Trinajstić information content (AvgIpc) is 2.64. The minimum absolute atomic E-state index is 0.0582. The van der Waals surface area contributed by atoms with Gasteiger partial charge in [-0.3, -0.25) is 19.7 Å². The summed E-state index contributed by atoms with van der Waals surface area (Å²) in [5.41, 5.74) is 2.33. The Morgan fingerprint density at radius 3 is 2.57 bits per heavy atom. The molecule has 2 aromatic carbocycles. The average molecular weight is 425 g/mol. The van der Waals surface area contributed by atoms with Crippen LogP contribution in [0.1, 0.15) is 18.4 Å². The summed E-state index contributed by atoms with van der Waals surface area (Å²) < 4.78 is 0. The van der Waals surface area contributed by atoms with Crippen molar-refractivity contribution < 1.29 is 19.6 Å². The number of rotatable bonds is 7. The number of carbonyl (C=O) groups excluding carboxylic acids is 2. The third-order valence-electron chi connectivity index (χ3n) is 3.40. The van der Waals surface area contributed by atoms with Crippen LogP contribution in [-0.2, 0) is 9.59 Å². The van der Waals surface area contributed by atoms with Gasteiger partial charge in [-0.15, -0.1) is 0 Å². The Morgan fingerprint density at radius 2 is 1.86 bits per heavy atom. The first kappa shape index (κ1) is 21.1. The van der Waals surface area contributed by atoms with E-state index in [4.69, 9.17) is 23.2 Å². The number of nitro groups is 1. The number of phenols is 1. The van der Waals surface area contributed by atoms with Crippen LogP contribution in [0.5, 0.6) is 5.75 Å². The minimum atomic E-state index is -0.625. The Morgan fingerprint density at radius 1 is 1.14 bits per heavy atom. The van der Waals surface area contributed by atoms with Crippen molar-refractivity contribution in [2.75, 3.05) is 5.32 Å². The van der Waals surface area contributed by atoms with Crippen molar-refractivity contribution in [3.05, 3.63) is 62.1 Å². The van der Waals surface area contributed by atoms with Gasteiger partial charge in [0.2, 0.25) is 11.8 Å². The van der Waals surface area contributed by atoms with E-state index in [2.05, 4.69) is 15.8 Å². The quantitative estimate of drug-likeness (QED) is 0.355. The van der Waals surface area contributed by atoms with E-state index < -0.39 is 16.7 Å². The van der Waals surface area contributed by atoms with E-state index in [1.54, 1.807) is 6.07 Å². The zero-order chi connectivity index (χ0) is 20.7. The lowest BCUT2D eigenvalue weighted by Crippen LogP contribution is -2.20. The van der Waals surface area contributed by atoms with Crippen molar-refractivity contribution in [1.82, 2.24) is 5.43 Å². The van der Waals surface area contributed by atoms with Crippen molar-refractivity contribution in [1.29, 1.82) is 0 Å². The SMILES string of the molecule is O=C(CCC(=O)Nc1cc(Cl)ccc1Cl)N/N=C/c1cc([N+](=O)[O-])ccc1O. The monoisotopic (exact) mass is 424 g/mol. The van der Waals surface area contributed by atoms with Crippen molar-refractivity contribution in [3.8, 4) is 5.75 Å². The number of phenolic OH excluding ortho intramolecular Hbond substituents is 1. The summed E-state index contributed by atoms with van der Waals surface area (Å²) in [5.74, 6) is -1.24. The van der Waals surface area contributed by atoms with Crippen molar-refractivity contribution in [3.63, 3.8) is 0 Å². The van der Waals surface area contributed by atoms with Gasteiger partial charge >= 0.3 is 0 Å². The summed E-state index contributed by atoms with van der Waals surface area (Å²) in [6.07, 6.45) is 0.764. The number of hydrogen-bond acceptors (Lipinski definition) is 6. The molecule has 0 aromatic heterocycles. The number of non-ortho nitro benzene ring substituents is 1. The normalized spacial score (nSPS) is 10.6. The van der Waals surface area contributed by atoms with Gasteiger partial charge in [-0.2, -0.15) is 5.10 Å². The van der Waals surface area contributed by atoms with Crippen LogP contribution in [0.3, 0.4) is 0 Å². The van der Waals surface area contributed by atoms with Crippen LogP contribution in [-0.4, -0.2) is 28.1 Å². The van der Waals surface area contributed by atoms with Gasteiger partial charge in [-0.05, 0) is 24.3 Å². The van der Waals surface area contributed by atoms with Gasteiger partial charge in [-0.25, -0.2) is 5.43 Å². The lowest BCUT2D eigenvalue weighted by Gasteiger charge is -2.07. The smallest absolute Gasteiger partial charge is 0.270 e. The Labute approximate surface area is 169 Å². The Bertz CT molecular complexity index is 949. The number of carbonyl (C=O) groups is 2. The van der Waals surface area contributed by atoms with Gasteiger partial charge in [0.15, 0.2) is 0 Å². The maximum atomic E-state index is 11.9. The molecule has 0 unspecified atom stereocenters. The predicted molar refractivity (Wildman–Crippen MR) is 105 cm³/mol. The van der Waals surface area contributed by atoms with Gasteiger partial charge in [-0.1, -0.05) is 23.2 Å².